The second kappa shape index (κ2) is 8.50. The van der Waals surface area contributed by atoms with E-state index >= 15 is 0 Å². The number of aromatic nitrogens is 2. The van der Waals surface area contributed by atoms with Gasteiger partial charge in [-0.1, -0.05) is 43.6 Å². The van der Waals surface area contributed by atoms with E-state index < -0.39 is 0 Å². The summed E-state index contributed by atoms with van der Waals surface area (Å²) in [7, 11) is 3.84. The third kappa shape index (κ3) is 3.91. The molecule has 5 rings (SSSR count). The number of rotatable bonds is 5. The molecule has 2 aliphatic rings. The van der Waals surface area contributed by atoms with Gasteiger partial charge in [-0.3, -0.25) is 0 Å². The number of hydrogen-bond donors (Lipinski definition) is 1. The third-order valence-electron chi connectivity index (χ3n) is 7.09. The van der Waals surface area contributed by atoms with Gasteiger partial charge in [0.2, 0.25) is 5.95 Å². The summed E-state index contributed by atoms with van der Waals surface area (Å²) >= 11 is 6.63. The molecular formula is C26H30ClN5O. The van der Waals surface area contributed by atoms with Crippen molar-refractivity contribution < 1.29 is 4.74 Å². The van der Waals surface area contributed by atoms with Crippen LogP contribution >= 0.6 is 11.6 Å². The van der Waals surface area contributed by atoms with Crippen molar-refractivity contribution in [2.75, 3.05) is 37.5 Å². The van der Waals surface area contributed by atoms with Gasteiger partial charge in [0.25, 0.3) is 0 Å². The number of likely N-dealkylation sites (N-methyl/N-ethyl adjacent to an activating group) is 1. The molecule has 1 unspecified atom stereocenters. The van der Waals surface area contributed by atoms with Crippen LogP contribution in [0, 0.1) is 0 Å². The van der Waals surface area contributed by atoms with E-state index in [4.69, 9.17) is 21.3 Å². The van der Waals surface area contributed by atoms with Crippen molar-refractivity contribution in [3.05, 3.63) is 64.3 Å². The first-order valence-electron chi connectivity index (χ1n) is 11.5. The summed E-state index contributed by atoms with van der Waals surface area (Å²) < 4.78 is 5.68. The number of halogens is 1. The van der Waals surface area contributed by atoms with Crippen molar-refractivity contribution in [3.8, 4) is 5.75 Å². The average molecular weight is 464 g/mol. The molecule has 6 nitrogen and oxygen atoms in total. The number of para-hydroxylation sites is 1. The van der Waals surface area contributed by atoms with E-state index in [1.807, 2.05) is 0 Å². The first kappa shape index (κ1) is 22.0. The minimum absolute atomic E-state index is 0.0478. The lowest BCUT2D eigenvalue weighted by Gasteiger charge is -2.26. The Balaban J connectivity index is 1.51. The van der Waals surface area contributed by atoms with E-state index in [0.29, 0.717) is 11.0 Å². The Morgan fingerprint density at radius 3 is 2.82 bits per heavy atom. The number of fused-ring (bicyclic) bond motifs is 2. The topological polar surface area (TPSA) is 53.5 Å². The van der Waals surface area contributed by atoms with Crippen LogP contribution in [0.3, 0.4) is 0 Å². The van der Waals surface area contributed by atoms with Crippen LogP contribution in [-0.2, 0) is 18.4 Å². The van der Waals surface area contributed by atoms with Crippen LogP contribution in [-0.4, -0.2) is 42.1 Å². The molecule has 0 spiro atoms. The van der Waals surface area contributed by atoms with Gasteiger partial charge >= 0.3 is 0 Å². The van der Waals surface area contributed by atoms with Crippen LogP contribution in [0.15, 0.2) is 42.6 Å². The summed E-state index contributed by atoms with van der Waals surface area (Å²) in [5, 5.41) is 3.92. The highest BCUT2D eigenvalue weighted by atomic mass is 35.5. The second-order valence-electron chi connectivity index (χ2n) is 9.32. The van der Waals surface area contributed by atoms with Gasteiger partial charge < -0.3 is 19.9 Å². The number of anilines is 4. The summed E-state index contributed by atoms with van der Waals surface area (Å²) in [6.45, 7) is 7.33. The molecule has 3 heterocycles. The van der Waals surface area contributed by atoms with E-state index in [9.17, 15) is 0 Å². The molecule has 7 heteroatoms. The lowest BCUT2D eigenvalue weighted by molar-refractivity contribution is 0.312. The Kier molecular flexibility index (Phi) is 5.67. The maximum atomic E-state index is 6.63. The number of hydrogen-bond acceptors (Lipinski definition) is 6. The fourth-order valence-corrected chi connectivity index (χ4v) is 5.15. The summed E-state index contributed by atoms with van der Waals surface area (Å²) in [6.07, 6.45) is 3.73. The fourth-order valence-electron chi connectivity index (χ4n) is 4.95. The van der Waals surface area contributed by atoms with Crippen LogP contribution in [0.1, 0.15) is 37.0 Å². The fraction of sp³-hybridized carbons (Fsp3) is 0.385. The Bertz CT molecular complexity index is 1200. The molecule has 1 N–H and O–H groups in total. The molecule has 1 aromatic heterocycles. The zero-order chi connectivity index (χ0) is 23.2. The summed E-state index contributed by atoms with van der Waals surface area (Å²) in [6, 6.07) is 12.8. The lowest BCUT2D eigenvalue weighted by Crippen LogP contribution is -2.28. The van der Waals surface area contributed by atoms with Gasteiger partial charge in [-0.2, -0.15) is 4.98 Å². The lowest BCUT2D eigenvalue weighted by atomic mass is 9.82. The number of benzene rings is 2. The van der Waals surface area contributed by atoms with Crippen molar-refractivity contribution in [3.63, 3.8) is 0 Å². The molecule has 33 heavy (non-hydrogen) atoms. The molecule has 0 aliphatic carbocycles. The highest BCUT2D eigenvalue weighted by Crippen LogP contribution is 2.47. The van der Waals surface area contributed by atoms with E-state index in [2.05, 4.69) is 77.4 Å². The Hall–Kier alpha value is -2.83. The number of ether oxygens (including phenoxy) is 1. The van der Waals surface area contributed by atoms with Gasteiger partial charge in [-0.15, -0.1) is 0 Å². The first-order chi connectivity index (χ1) is 15.9. The van der Waals surface area contributed by atoms with Crippen molar-refractivity contribution in [1.82, 2.24) is 14.9 Å². The van der Waals surface area contributed by atoms with Crippen molar-refractivity contribution in [2.45, 2.75) is 38.6 Å². The molecule has 3 aromatic rings. The van der Waals surface area contributed by atoms with E-state index in [-0.39, 0.29) is 5.41 Å². The van der Waals surface area contributed by atoms with Crippen molar-refractivity contribution in [1.29, 1.82) is 0 Å². The van der Waals surface area contributed by atoms with Gasteiger partial charge in [-0.05, 0) is 54.8 Å². The van der Waals surface area contributed by atoms with Gasteiger partial charge in [0.1, 0.15) is 10.8 Å². The largest absolute Gasteiger partial charge is 0.495 e. The Morgan fingerprint density at radius 1 is 1.21 bits per heavy atom. The number of methoxy groups -OCH3 is 1. The van der Waals surface area contributed by atoms with Gasteiger partial charge in [0.05, 0.1) is 19.0 Å². The van der Waals surface area contributed by atoms with Gasteiger partial charge in [0.15, 0.2) is 5.82 Å². The monoisotopic (exact) mass is 463 g/mol. The molecule has 172 valence electrons. The molecule has 0 radical (unpaired) electrons. The predicted octanol–water partition coefficient (Wildman–Crippen LogP) is 5.69. The zero-order valence-electron chi connectivity index (χ0n) is 19.7. The molecular weight excluding hydrogens is 434 g/mol. The normalized spacial score (nSPS) is 19.8. The minimum atomic E-state index is 0.0478. The average Bonchev–Trinajstić information content (AvgIpc) is 3.13. The van der Waals surface area contributed by atoms with Crippen LogP contribution in [0.4, 0.5) is 23.1 Å². The molecule has 0 amide bonds. The predicted molar refractivity (Wildman–Crippen MR) is 134 cm³/mol. The number of nitrogens with zero attached hydrogens (tertiary/aromatic N) is 4. The zero-order valence-corrected chi connectivity index (χ0v) is 20.4. The highest BCUT2D eigenvalue weighted by molar-refractivity contribution is 6.33. The molecule has 0 saturated heterocycles. The van der Waals surface area contributed by atoms with E-state index in [1.165, 1.54) is 16.7 Å². The molecule has 2 aliphatic heterocycles. The molecule has 0 saturated carbocycles. The van der Waals surface area contributed by atoms with Crippen LogP contribution in [0.25, 0.3) is 0 Å². The standard InChI is InChI=1S/C26H30ClN5O/c1-5-26(2)16-32(22-9-7-6-8-19(22)26)24-20(27)14-28-25(30-24)29-21-12-18-15-31(3)11-10-17(18)13-23(21)33-4/h6-9,12-14H,5,10-11,15-16H2,1-4H3,(H,28,29,30). The SMILES string of the molecule is CCC1(C)CN(c2nc(Nc3cc4c(cc3OC)CCN(C)C4)ncc2Cl)c2ccccc21. The smallest absolute Gasteiger partial charge is 0.229 e. The number of nitrogens with one attached hydrogen (secondary N) is 1. The molecule has 0 bridgehead atoms. The molecule has 2 aromatic carbocycles. The highest BCUT2D eigenvalue weighted by Gasteiger charge is 2.39. The minimum Gasteiger partial charge on any atom is -0.495 e. The van der Waals surface area contributed by atoms with Crippen molar-refractivity contribution in [2.24, 2.45) is 0 Å². The maximum Gasteiger partial charge on any atom is 0.229 e. The summed E-state index contributed by atoms with van der Waals surface area (Å²) in [5.74, 6) is 2.01. The van der Waals surface area contributed by atoms with Crippen LogP contribution < -0.4 is 15.0 Å². The maximum absolute atomic E-state index is 6.63. The van der Waals surface area contributed by atoms with Crippen LogP contribution in [0.5, 0.6) is 5.75 Å². The Morgan fingerprint density at radius 2 is 2.03 bits per heavy atom. The first-order valence-corrected chi connectivity index (χ1v) is 11.8. The van der Waals surface area contributed by atoms with Crippen molar-refractivity contribution >= 4 is 34.7 Å². The summed E-state index contributed by atoms with van der Waals surface area (Å²) in [4.78, 5) is 13.9. The van der Waals surface area contributed by atoms with E-state index in [1.54, 1.807) is 13.3 Å². The Labute approximate surface area is 200 Å². The third-order valence-corrected chi connectivity index (χ3v) is 7.35. The molecule has 0 fully saturated rings. The quantitative estimate of drug-likeness (QED) is 0.524. The molecule has 1 atom stereocenters. The van der Waals surface area contributed by atoms with Gasteiger partial charge in [0, 0.05) is 30.7 Å². The van der Waals surface area contributed by atoms with E-state index in [0.717, 1.165) is 55.4 Å². The summed E-state index contributed by atoms with van der Waals surface area (Å²) in [5.41, 5.74) is 6.03. The van der Waals surface area contributed by atoms with Gasteiger partial charge in [-0.25, -0.2) is 4.98 Å². The second-order valence-corrected chi connectivity index (χ2v) is 9.72. The van der Waals surface area contributed by atoms with Crippen LogP contribution in [0.2, 0.25) is 5.02 Å².